The predicted molar refractivity (Wildman–Crippen MR) is 74.7 cm³/mol. The number of amides is 1. The molecule has 0 bridgehead atoms. The number of rotatable bonds is 7. The summed E-state index contributed by atoms with van der Waals surface area (Å²) in [5.41, 5.74) is 3.70. The highest BCUT2D eigenvalue weighted by molar-refractivity contribution is 5.95. The summed E-state index contributed by atoms with van der Waals surface area (Å²) >= 11 is 0. The zero-order valence-electron chi connectivity index (χ0n) is 11.5. The van der Waals surface area contributed by atoms with Gasteiger partial charge in [-0.25, -0.2) is 10.8 Å². The molecule has 0 saturated heterocycles. The van der Waals surface area contributed by atoms with Crippen molar-refractivity contribution in [3.05, 3.63) is 23.4 Å². The molecule has 4 N–H and O–H groups in total. The first-order valence-corrected chi connectivity index (χ1v) is 6.47. The van der Waals surface area contributed by atoms with Crippen LogP contribution in [0.3, 0.4) is 0 Å². The smallest absolute Gasteiger partial charge is 0.254 e. The first-order valence-electron chi connectivity index (χ1n) is 6.47. The highest BCUT2D eigenvalue weighted by atomic mass is 16.3. The van der Waals surface area contributed by atoms with Gasteiger partial charge >= 0.3 is 0 Å². The Morgan fingerprint density at radius 2 is 2.21 bits per heavy atom. The van der Waals surface area contributed by atoms with Gasteiger partial charge in [0, 0.05) is 24.3 Å². The van der Waals surface area contributed by atoms with E-state index in [-0.39, 0.29) is 12.5 Å². The van der Waals surface area contributed by atoms with E-state index in [1.165, 1.54) is 0 Å². The van der Waals surface area contributed by atoms with Gasteiger partial charge in [0.1, 0.15) is 5.82 Å². The summed E-state index contributed by atoms with van der Waals surface area (Å²) in [6.07, 6.45) is 1.91. The lowest BCUT2D eigenvalue weighted by Crippen LogP contribution is -2.34. The molecular weight excluding hydrogens is 244 g/mol. The number of carbonyl (C=O) groups is 1. The van der Waals surface area contributed by atoms with Crippen molar-refractivity contribution < 1.29 is 9.90 Å². The number of aryl methyl sites for hydroxylation is 1. The van der Waals surface area contributed by atoms with Crippen molar-refractivity contribution >= 4 is 11.7 Å². The third-order valence-electron chi connectivity index (χ3n) is 2.79. The van der Waals surface area contributed by atoms with Crippen molar-refractivity contribution in [1.82, 2.24) is 9.88 Å². The highest BCUT2D eigenvalue weighted by Gasteiger charge is 2.16. The normalized spacial score (nSPS) is 10.3. The maximum atomic E-state index is 12.4. The lowest BCUT2D eigenvalue weighted by molar-refractivity contribution is 0.0719. The summed E-state index contributed by atoms with van der Waals surface area (Å²) in [5.74, 6) is 5.68. The Kier molecular flexibility index (Phi) is 6.24. The number of carbonyl (C=O) groups excluding carboxylic acids is 1. The van der Waals surface area contributed by atoms with Crippen LogP contribution in [-0.4, -0.2) is 40.6 Å². The molecule has 0 aromatic carbocycles. The largest absolute Gasteiger partial charge is 0.395 e. The molecule has 1 aromatic rings. The van der Waals surface area contributed by atoms with E-state index in [1.807, 2.05) is 0 Å². The zero-order valence-corrected chi connectivity index (χ0v) is 11.5. The zero-order chi connectivity index (χ0) is 14.3. The number of aromatic nitrogens is 1. The molecule has 19 heavy (non-hydrogen) atoms. The molecule has 1 rings (SSSR count). The third kappa shape index (κ3) is 4.50. The first-order chi connectivity index (χ1) is 9.12. The SMILES string of the molecule is CCCCN(CCO)C(=O)c1cc(C)nc(NN)c1. The van der Waals surface area contributed by atoms with E-state index in [0.717, 1.165) is 18.5 Å². The van der Waals surface area contributed by atoms with Gasteiger partial charge in [-0.15, -0.1) is 0 Å². The average molecular weight is 266 g/mol. The second-order valence-corrected chi connectivity index (χ2v) is 4.40. The van der Waals surface area contributed by atoms with Gasteiger partial charge in [-0.3, -0.25) is 4.79 Å². The van der Waals surface area contributed by atoms with Gasteiger partial charge in [-0.1, -0.05) is 13.3 Å². The van der Waals surface area contributed by atoms with E-state index in [1.54, 1.807) is 24.0 Å². The third-order valence-corrected chi connectivity index (χ3v) is 2.79. The molecule has 1 amide bonds. The summed E-state index contributed by atoms with van der Waals surface area (Å²) in [4.78, 5) is 18.2. The molecule has 1 heterocycles. The van der Waals surface area contributed by atoms with Crippen molar-refractivity contribution in [2.45, 2.75) is 26.7 Å². The van der Waals surface area contributed by atoms with E-state index in [2.05, 4.69) is 17.3 Å². The van der Waals surface area contributed by atoms with Crippen molar-refractivity contribution in [3.63, 3.8) is 0 Å². The van der Waals surface area contributed by atoms with Gasteiger partial charge in [0.15, 0.2) is 0 Å². The summed E-state index contributed by atoms with van der Waals surface area (Å²) < 4.78 is 0. The van der Waals surface area contributed by atoms with E-state index in [0.29, 0.717) is 24.5 Å². The monoisotopic (exact) mass is 266 g/mol. The first kappa shape index (κ1) is 15.4. The number of unbranched alkanes of at least 4 members (excludes halogenated alkanes) is 1. The molecule has 106 valence electrons. The van der Waals surface area contributed by atoms with E-state index < -0.39 is 0 Å². The molecule has 6 heteroatoms. The molecule has 0 saturated carbocycles. The van der Waals surface area contributed by atoms with Crippen molar-refractivity contribution in [2.75, 3.05) is 25.1 Å². The van der Waals surface area contributed by atoms with Crippen molar-refractivity contribution in [1.29, 1.82) is 0 Å². The van der Waals surface area contributed by atoms with Crippen molar-refractivity contribution in [3.8, 4) is 0 Å². The lowest BCUT2D eigenvalue weighted by atomic mass is 10.2. The molecule has 0 fully saturated rings. The van der Waals surface area contributed by atoms with E-state index >= 15 is 0 Å². The number of anilines is 1. The van der Waals surface area contributed by atoms with Crippen LogP contribution >= 0.6 is 0 Å². The predicted octanol–water partition coefficient (Wildman–Crippen LogP) is 0.910. The van der Waals surface area contributed by atoms with E-state index in [9.17, 15) is 4.79 Å². The number of nitrogens with one attached hydrogen (secondary N) is 1. The van der Waals surface area contributed by atoms with Crippen LogP contribution in [-0.2, 0) is 0 Å². The fourth-order valence-electron chi connectivity index (χ4n) is 1.83. The minimum atomic E-state index is -0.107. The summed E-state index contributed by atoms with van der Waals surface area (Å²) in [6.45, 7) is 4.81. The second-order valence-electron chi connectivity index (χ2n) is 4.40. The summed E-state index contributed by atoms with van der Waals surface area (Å²) in [7, 11) is 0. The Morgan fingerprint density at radius 3 is 2.79 bits per heavy atom. The number of nitrogens with two attached hydrogens (primary N) is 1. The van der Waals surface area contributed by atoms with Crippen LogP contribution in [0.4, 0.5) is 5.82 Å². The number of hydrazine groups is 1. The Hall–Kier alpha value is -1.66. The minimum absolute atomic E-state index is 0.0402. The van der Waals surface area contributed by atoms with Crippen LogP contribution in [0.5, 0.6) is 0 Å². The average Bonchev–Trinajstić information content (AvgIpc) is 2.41. The number of hydrogen-bond acceptors (Lipinski definition) is 5. The van der Waals surface area contributed by atoms with Gasteiger partial charge < -0.3 is 15.4 Å². The van der Waals surface area contributed by atoms with Gasteiger partial charge in [-0.2, -0.15) is 0 Å². The van der Waals surface area contributed by atoms with Crippen LogP contribution in [0.2, 0.25) is 0 Å². The fraction of sp³-hybridized carbons (Fsp3) is 0.538. The Morgan fingerprint density at radius 1 is 1.47 bits per heavy atom. The number of pyridine rings is 1. The Bertz CT molecular complexity index is 423. The maximum Gasteiger partial charge on any atom is 0.254 e. The molecular formula is C13H22N4O2. The topological polar surface area (TPSA) is 91.5 Å². The van der Waals surface area contributed by atoms with Crippen LogP contribution in [0.25, 0.3) is 0 Å². The second kappa shape index (κ2) is 7.70. The molecule has 0 radical (unpaired) electrons. The van der Waals surface area contributed by atoms with Gasteiger partial charge in [0.2, 0.25) is 0 Å². The lowest BCUT2D eigenvalue weighted by Gasteiger charge is -2.22. The number of hydrogen-bond donors (Lipinski definition) is 3. The number of aliphatic hydroxyl groups excluding tert-OH is 1. The fourth-order valence-corrected chi connectivity index (χ4v) is 1.83. The standard InChI is InChI=1S/C13H22N4O2/c1-3-4-5-17(6-7-18)13(19)11-8-10(2)15-12(9-11)16-14/h8-9,18H,3-7,14H2,1-2H3,(H,15,16). The number of nitrogen functional groups attached to an aromatic ring is 1. The quantitative estimate of drug-likeness (QED) is 0.504. The molecule has 0 unspecified atom stereocenters. The van der Waals surface area contributed by atoms with Crippen LogP contribution in [0.15, 0.2) is 12.1 Å². The summed E-state index contributed by atoms with van der Waals surface area (Å²) in [6, 6.07) is 3.34. The Balaban J connectivity index is 2.91. The molecule has 1 aromatic heterocycles. The number of aliphatic hydroxyl groups is 1. The molecule has 0 aliphatic rings. The van der Waals surface area contributed by atoms with E-state index in [4.69, 9.17) is 10.9 Å². The summed E-state index contributed by atoms with van der Waals surface area (Å²) in [5, 5.41) is 9.05. The van der Waals surface area contributed by atoms with Gasteiger partial charge in [0.25, 0.3) is 5.91 Å². The molecule has 0 aliphatic carbocycles. The molecule has 0 spiro atoms. The Labute approximate surface area is 113 Å². The van der Waals surface area contributed by atoms with Gasteiger partial charge in [-0.05, 0) is 25.5 Å². The molecule has 0 aliphatic heterocycles. The maximum absolute atomic E-state index is 12.4. The van der Waals surface area contributed by atoms with Crippen LogP contribution in [0.1, 0.15) is 35.8 Å². The minimum Gasteiger partial charge on any atom is -0.395 e. The van der Waals surface area contributed by atoms with Crippen molar-refractivity contribution in [2.24, 2.45) is 5.84 Å². The molecule has 6 nitrogen and oxygen atoms in total. The van der Waals surface area contributed by atoms with Gasteiger partial charge in [0.05, 0.1) is 6.61 Å². The van der Waals surface area contributed by atoms with Crippen LogP contribution in [0, 0.1) is 6.92 Å². The highest BCUT2D eigenvalue weighted by Crippen LogP contribution is 2.12. The van der Waals surface area contributed by atoms with Crippen LogP contribution < -0.4 is 11.3 Å². The number of nitrogens with zero attached hydrogens (tertiary/aromatic N) is 2. The molecule has 0 atom stereocenters.